The molecule has 2 heteroatoms. The molecule has 0 heterocycles. The topological polar surface area (TPSA) is 0 Å². The second-order valence-electron chi connectivity index (χ2n) is 11.8. The molecule has 0 spiro atoms. The van der Waals surface area contributed by atoms with Crippen molar-refractivity contribution in [1.82, 2.24) is 0 Å². The average Bonchev–Trinajstić information content (AvgIpc) is 3.90. The van der Waals surface area contributed by atoms with Crippen molar-refractivity contribution in [1.29, 1.82) is 0 Å². The van der Waals surface area contributed by atoms with Crippen LogP contribution in [0.2, 0.25) is 0 Å². The summed E-state index contributed by atoms with van der Waals surface area (Å²) < 4.78 is 10.7. The van der Waals surface area contributed by atoms with Gasteiger partial charge in [0.25, 0.3) is 0 Å². The van der Waals surface area contributed by atoms with Crippen LogP contribution in [0.5, 0.6) is 0 Å². The molecule has 0 aromatic heterocycles. The van der Waals surface area contributed by atoms with Crippen LogP contribution in [0.25, 0.3) is 0 Å². The minimum atomic E-state index is -1.24. The fourth-order valence-electron chi connectivity index (χ4n) is 5.90. The fourth-order valence-corrected chi connectivity index (χ4v) is 18.2. The molecule has 0 amide bonds. The van der Waals surface area contributed by atoms with E-state index in [2.05, 4.69) is 112 Å². The van der Waals surface area contributed by atoms with Gasteiger partial charge in [0, 0.05) is 0 Å². The standard InChI is InChI=1S/3C9H13.3C5H5.2Er/c3*1-2-3-6-9-7-4-5-8-9;3*1-2-4-5-3-1;;/h3*4,7H,2-3,5-6H2,1H3;3*1-3H,4H2;;. The molecule has 6 aliphatic rings. The number of allylic oxidation sites excluding steroid dienone is 24. The Morgan fingerprint density at radius 1 is 0.432 bits per heavy atom. The van der Waals surface area contributed by atoms with Gasteiger partial charge in [-0.05, 0) is 0 Å². The monoisotopic (exact) mass is 890 g/mol. The van der Waals surface area contributed by atoms with Gasteiger partial charge >= 0.3 is 298 Å². The normalized spacial score (nSPS) is 20.4. The molecule has 0 radical (unpaired) electrons. The van der Waals surface area contributed by atoms with E-state index in [4.69, 9.17) is 0 Å². The van der Waals surface area contributed by atoms with Crippen molar-refractivity contribution in [3.05, 3.63) is 118 Å². The fraction of sp³-hybridized carbons (Fsp3) is 0.429. The van der Waals surface area contributed by atoms with Crippen molar-refractivity contribution in [2.24, 2.45) is 0 Å². The predicted molar refractivity (Wildman–Crippen MR) is 186 cm³/mol. The first-order chi connectivity index (χ1) is 21.7. The number of hydrogen-bond donors (Lipinski definition) is 0. The molecule has 0 N–H and O–H groups in total. The molecule has 44 heavy (non-hydrogen) atoms. The molecular weight excluding hydrogens is 839 g/mol. The molecule has 0 nitrogen and oxygen atoms in total. The van der Waals surface area contributed by atoms with E-state index in [1.165, 1.54) is 96.3 Å². The van der Waals surface area contributed by atoms with E-state index in [1.807, 2.05) is 5.20 Å². The van der Waals surface area contributed by atoms with Crippen molar-refractivity contribution >= 4 is 0 Å². The van der Waals surface area contributed by atoms with Crippen LogP contribution in [-0.4, -0.2) is 0 Å². The minimum absolute atomic E-state index is 0.995. The summed E-state index contributed by atoms with van der Waals surface area (Å²) in [5.41, 5.74) is 5.13. The van der Waals surface area contributed by atoms with Crippen LogP contribution in [0.3, 0.4) is 0 Å². The third-order valence-corrected chi connectivity index (χ3v) is 20.2. The summed E-state index contributed by atoms with van der Waals surface area (Å²) >= 11 is -2.24. The Bertz CT molecular complexity index is 1230. The van der Waals surface area contributed by atoms with Crippen LogP contribution >= 0.6 is 0 Å². The van der Waals surface area contributed by atoms with Crippen molar-refractivity contribution in [3.8, 4) is 0 Å². The van der Waals surface area contributed by atoms with E-state index in [0.717, 1.165) is 0 Å². The number of unbranched alkanes of at least 4 members (excludes halogenated alkanes) is 3. The molecule has 246 valence electrons. The molecule has 0 saturated carbocycles. The zero-order valence-electron chi connectivity index (χ0n) is 27.3. The van der Waals surface area contributed by atoms with Crippen molar-refractivity contribution in [3.63, 3.8) is 0 Å². The molecular formula is C42H54Er2. The van der Waals surface area contributed by atoms with E-state index >= 15 is 0 Å². The van der Waals surface area contributed by atoms with Crippen molar-refractivity contribution in [2.75, 3.05) is 0 Å². The zero-order valence-corrected chi connectivity index (χ0v) is 31.0. The van der Waals surface area contributed by atoms with Crippen LogP contribution in [0.1, 0.15) is 117 Å². The van der Waals surface area contributed by atoms with Gasteiger partial charge in [0.15, 0.2) is 0 Å². The van der Waals surface area contributed by atoms with Gasteiger partial charge in [-0.2, -0.15) is 0 Å². The molecule has 0 aliphatic heterocycles. The summed E-state index contributed by atoms with van der Waals surface area (Å²) in [4.78, 5) is 0. The summed E-state index contributed by atoms with van der Waals surface area (Å²) in [7, 11) is 0. The summed E-state index contributed by atoms with van der Waals surface area (Å²) in [5, 5.41) is 0. The molecule has 0 aromatic rings. The number of rotatable bonds is 15. The van der Waals surface area contributed by atoms with Gasteiger partial charge in [-0.15, -0.1) is 0 Å². The van der Waals surface area contributed by atoms with Crippen LogP contribution < -0.4 is 0 Å². The Labute approximate surface area is 294 Å². The van der Waals surface area contributed by atoms with Crippen LogP contribution in [0.4, 0.5) is 0 Å². The van der Waals surface area contributed by atoms with Gasteiger partial charge in [-0.1, -0.05) is 0 Å². The van der Waals surface area contributed by atoms with E-state index in [1.54, 1.807) is 21.9 Å². The van der Waals surface area contributed by atoms with Gasteiger partial charge in [0.2, 0.25) is 0 Å². The first kappa shape index (κ1) is 34.7. The first-order valence-corrected chi connectivity index (χ1v) is 22.7. The summed E-state index contributed by atoms with van der Waals surface area (Å²) in [6.07, 6.45) is 54.5. The molecule has 0 aromatic carbocycles. The second kappa shape index (κ2) is 18.6. The Kier molecular flexibility index (Phi) is 14.7. The summed E-state index contributed by atoms with van der Waals surface area (Å²) in [5.74, 6) is 0. The third-order valence-electron chi connectivity index (χ3n) is 8.31. The molecule has 6 aliphatic carbocycles. The Balaban J connectivity index is 0.000000201. The second-order valence-corrected chi connectivity index (χ2v) is 21.5. The van der Waals surface area contributed by atoms with Crippen molar-refractivity contribution < 1.29 is 63.0 Å². The van der Waals surface area contributed by atoms with Gasteiger partial charge in [-0.3, -0.25) is 0 Å². The van der Waals surface area contributed by atoms with Gasteiger partial charge in [0.1, 0.15) is 0 Å². The Hall–Kier alpha value is -0.626. The average molecular weight is 893 g/mol. The molecule has 6 rings (SSSR count). The Morgan fingerprint density at radius 3 is 1.05 bits per heavy atom. The first-order valence-electron chi connectivity index (χ1n) is 17.1. The zero-order chi connectivity index (χ0) is 30.6. The third kappa shape index (κ3) is 9.04. The molecule has 0 saturated heterocycles. The van der Waals surface area contributed by atoms with E-state index < -0.39 is 63.0 Å². The predicted octanol–water partition coefficient (Wildman–Crippen LogP) is 13.0. The van der Waals surface area contributed by atoms with Crippen LogP contribution in [-0.2, 0) is 0 Å². The summed E-state index contributed by atoms with van der Waals surface area (Å²) in [6.45, 7) is 6.98. The van der Waals surface area contributed by atoms with Crippen molar-refractivity contribution in [2.45, 2.75) is 117 Å². The summed E-state index contributed by atoms with van der Waals surface area (Å²) in [6, 6.07) is 0. The molecule has 0 atom stereocenters. The van der Waals surface area contributed by atoms with E-state index in [0.29, 0.717) is 0 Å². The maximum atomic E-state index is 2.48. The van der Waals surface area contributed by atoms with Crippen LogP contribution in [0.15, 0.2) is 118 Å². The molecule has 0 unspecified atom stereocenters. The SMILES string of the molecule is C1=CC[C]([Er]([C]2=CC=CC2)[C]2=CC=CC2)=C1.CCCCC1=[C]([Er]([C]2=C(CCCC)C=CC2)[C]2=C(CCCC)C=CC2)CC=C1. The van der Waals surface area contributed by atoms with E-state index in [9.17, 15) is 0 Å². The quantitative estimate of drug-likeness (QED) is 0.154. The molecule has 0 bridgehead atoms. The van der Waals surface area contributed by atoms with Gasteiger partial charge in [0.05, 0.1) is 0 Å². The van der Waals surface area contributed by atoms with Gasteiger partial charge < -0.3 is 0 Å². The Morgan fingerprint density at radius 2 is 0.773 bits per heavy atom. The maximum absolute atomic E-state index is 2.48. The van der Waals surface area contributed by atoms with E-state index in [-0.39, 0.29) is 0 Å². The molecule has 0 fully saturated rings. The number of hydrogen-bond acceptors (Lipinski definition) is 0. The van der Waals surface area contributed by atoms with Crippen LogP contribution in [0, 0.1) is 63.0 Å². The van der Waals surface area contributed by atoms with Gasteiger partial charge in [-0.25, -0.2) is 0 Å².